The molecule has 4 heteroatoms. The summed E-state index contributed by atoms with van der Waals surface area (Å²) in [5, 5.41) is 12.2. The number of rotatable bonds is 5. The first-order valence-electron chi connectivity index (χ1n) is 5.09. The summed E-state index contributed by atoms with van der Waals surface area (Å²) in [6.45, 7) is 3.18. The Balaban J connectivity index is 2.02. The third-order valence-corrected chi connectivity index (χ3v) is 3.63. The van der Waals surface area contributed by atoms with Crippen LogP contribution in [0, 0.1) is 0 Å². The molecule has 1 heterocycles. The zero-order valence-electron chi connectivity index (χ0n) is 8.39. The van der Waals surface area contributed by atoms with Gasteiger partial charge in [-0.3, -0.25) is 4.90 Å². The molecule has 1 unspecified atom stereocenters. The summed E-state index contributed by atoms with van der Waals surface area (Å²) in [5.41, 5.74) is 0. The second-order valence-electron chi connectivity index (χ2n) is 3.74. The van der Waals surface area contributed by atoms with Gasteiger partial charge in [0.25, 0.3) is 0 Å². The predicted octanol–water partition coefficient (Wildman–Crippen LogP) is 1.66. The highest BCUT2D eigenvalue weighted by molar-refractivity contribution is 7.09. The summed E-state index contributed by atoms with van der Waals surface area (Å²) in [6.07, 6.45) is 4.39. The largest absolute Gasteiger partial charge is 0.395 e. The van der Waals surface area contributed by atoms with E-state index in [-0.39, 0.29) is 6.61 Å². The Bertz CT molecular complexity index is 272. The number of nitrogens with zero attached hydrogens (tertiary/aromatic N) is 2. The Hall–Kier alpha value is -0.450. The Labute approximate surface area is 88.4 Å². The third-order valence-electron chi connectivity index (χ3n) is 2.68. The minimum absolute atomic E-state index is 0.242. The van der Waals surface area contributed by atoms with E-state index < -0.39 is 0 Å². The number of hydrogen-bond acceptors (Lipinski definition) is 4. The Morgan fingerprint density at radius 1 is 1.71 bits per heavy atom. The molecule has 1 atom stereocenters. The van der Waals surface area contributed by atoms with Gasteiger partial charge in [-0.2, -0.15) is 0 Å². The minimum Gasteiger partial charge on any atom is -0.395 e. The van der Waals surface area contributed by atoms with Gasteiger partial charge in [0.15, 0.2) is 0 Å². The standard InChI is InChI=1S/C10H16N2OS/c1-8(10-11-4-7-14-10)12(5-6-13)9-2-3-9/h4,7-9,13H,2-3,5-6H2,1H3. The topological polar surface area (TPSA) is 36.4 Å². The van der Waals surface area contributed by atoms with E-state index >= 15 is 0 Å². The van der Waals surface area contributed by atoms with Crippen molar-refractivity contribution >= 4 is 11.3 Å². The molecule has 1 aliphatic rings. The van der Waals surface area contributed by atoms with Gasteiger partial charge in [-0.1, -0.05) is 0 Å². The molecule has 2 rings (SSSR count). The van der Waals surface area contributed by atoms with Crippen molar-refractivity contribution in [3.63, 3.8) is 0 Å². The Morgan fingerprint density at radius 3 is 3.00 bits per heavy atom. The second-order valence-corrected chi connectivity index (χ2v) is 4.67. The normalized spacial score (nSPS) is 18.8. The van der Waals surface area contributed by atoms with Crippen LogP contribution in [0.15, 0.2) is 11.6 Å². The number of aliphatic hydroxyl groups is 1. The van der Waals surface area contributed by atoms with Gasteiger partial charge in [-0.15, -0.1) is 11.3 Å². The van der Waals surface area contributed by atoms with Crippen LogP contribution in [-0.4, -0.2) is 34.2 Å². The first-order chi connectivity index (χ1) is 6.83. The van der Waals surface area contributed by atoms with Crippen molar-refractivity contribution in [1.29, 1.82) is 0 Å². The molecule has 0 radical (unpaired) electrons. The average Bonchev–Trinajstić information content (AvgIpc) is 2.88. The molecule has 0 saturated heterocycles. The highest BCUT2D eigenvalue weighted by atomic mass is 32.1. The van der Waals surface area contributed by atoms with Crippen LogP contribution >= 0.6 is 11.3 Å². The second kappa shape index (κ2) is 4.38. The van der Waals surface area contributed by atoms with Gasteiger partial charge in [-0.05, 0) is 19.8 Å². The summed E-state index contributed by atoms with van der Waals surface area (Å²) in [4.78, 5) is 6.68. The van der Waals surface area contributed by atoms with E-state index in [0.717, 1.165) is 11.6 Å². The lowest BCUT2D eigenvalue weighted by atomic mass is 10.3. The smallest absolute Gasteiger partial charge is 0.109 e. The lowest BCUT2D eigenvalue weighted by Crippen LogP contribution is -2.31. The van der Waals surface area contributed by atoms with Crippen molar-refractivity contribution in [2.45, 2.75) is 31.8 Å². The van der Waals surface area contributed by atoms with Crippen LogP contribution in [0.5, 0.6) is 0 Å². The minimum atomic E-state index is 0.242. The fourth-order valence-electron chi connectivity index (χ4n) is 1.80. The van der Waals surface area contributed by atoms with Gasteiger partial charge < -0.3 is 5.11 Å². The fraction of sp³-hybridized carbons (Fsp3) is 0.700. The quantitative estimate of drug-likeness (QED) is 0.806. The molecule has 0 aliphatic heterocycles. The van der Waals surface area contributed by atoms with Crippen molar-refractivity contribution in [2.24, 2.45) is 0 Å². The zero-order valence-corrected chi connectivity index (χ0v) is 9.20. The van der Waals surface area contributed by atoms with Crippen molar-refractivity contribution in [3.05, 3.63) is 16.6 Å². The molecule has 1 fully saturated rings. The molecule has 0 spiro atoms. The van der Waals surface area contributed by atoms with E-state index in [1.54, 1.807) is 11.3 Å². The molecule has 1 saturated carbocycles. The monoisotopic (exact) mass is 212 g/mol. The van der Waals surface area contributed by atoms with E-state index in [1.165, 1.54) is 12.8 Å². The van der Waals surface area contributed by atoms with Crippen molar-refractivity contribution in [3.8, 4) is 0 Å². The van der Waals surface area contributed by atoms with Crippen LogP contribution in [0.4, 0.5) is 0 Å². The van der Waals surface area contributed by atoms with Gasteiger partial charge in [0, 0.05) is 24.2 Å². The average molecular weight is 212 g/mol. The van der Waals surface area contributed by atoms with Crippen LogP contribution in [-0.2, 0) is 0 Å². The summed E-state index contributed by atoms with van der Waals surface area (Å²) >= 11 is 1.70. The zero-order chi connectivity index (χ0) is 9.97. The Morgan fingerprint density at radius 2 is 2.50 bits per heavy atom. The molecule has 0 amide bonds. The molecule has 78 valence electrons. The maximum Gasteiger partial charge on any atom is 0.109 e. The maximum absolute atomic E-state index is 9.00. The predicted molar refractivity (Wildman–Crippen MR) is 57.3 cm³/mol. The van der Waals surface area contributed by atoms with Crippen molar-refractivity contribution in [2.75, 3.05) is 13.2 Å². The highest BCUT2D eigenvalue weighted by Gasteiger charge is 2.32. The van der Waals surface area contributed by atoms with Crippen LogP contribution in [0.25, 0.3) is 0 Å². The van der Waals surface area contributed by atoms with Crippen LogP contribution < -0.4 is 0 Å². The third kappa shape index (κ3) is 2.13. The molecule has 1 N–H and O–H groups in total. The number of aromatic nitrogens is 1. The molecule has 14 heavy (non-hydrogen) atoms. The van der Waals surface area contributed by atoms with Crippen molar-refractivity contribution in [1.82, 2.24) is 9.88 Å². The lowest BCUT2D eigenvalue weighted by Gasteiger charge is -2.26. The molecule has 0 bridgehead atoms. The summed E-state index contributed by atoms with van der Waals surface area (Å²) < 4.78 is 0. The molecule has 1 aromatic heterocycles. The first-order valence-corrected chi connectivity index (χ1v) is 5.97. The molecular weight excluding hydrogens is 196 g/mol. The SMILES string of the molecule is CC(c1nccs1)N(CCO)C1CC1. The molecular formula is C10H16N2OS. The number of thiazole rings is 1. The van der Waals surface area contributed by atoms with Gasteiger partial charge in [0.05, 0.1) is 12.6 Å². The Kier molecular flexibility index (Phi) is 3.15. The summed E-state index contributed by atoms with van der Waals surface area (Å²) in [6, 6.07) is 1.04. The van der Waals surface area contributed by atoms with Gasteiger partial charge in [0.2, 0.25) is 0 Å². The van der Waals surface area contributed by atoms with E-state index in [4.69, 9.17) is 5.11 Å². The van der Waals surface area contributed by atoms with Gasteiger partial charge >= 0.3 is 0 Å². The lowest BCUT2D eigenvalue weighted by molar-refractivity contribution is 0.150. The molecule has 3 nitrogen and oxygen atoms in total. The fourth-order valence-corrected chi connectivity index (χ4v) is 2.51. The maximum atomic E-state index is 9.00. The van der Waals surface area contributed by atoms with Crippen LogP contribution in [0.2, 0.25) is 0 Å². The summed E-state index contributed by atoms with van der Waals surface area (Å²) in [7, 11) is 0. The molecule has 1 aromatic rings. The number of aliphatic hydroxyl groups excluding tert-OH is 1. The first kappa shape index (κ1) is 10.1. The van der Waals surface area contributed by atoms with Crippen molar-refractivity contribution < 1.29 is 5.11 Å². The highest BCUT2D eigenvalue weighted by Crippen LogP contribution is 2.34. The van der Waals surface area contributed by atoms with Crippen LogP contribution in [0.1, 0.15) is 30.8 Å². The van der Waals surface area contributed by atoms with Crippen LogP contribution in [0.3, 0.4) is 0 Å². The molecule has 1 aliphatic carbocycles. The van der Waals surface area contributed by atoms with Gasteiger partial charge in [-0.25, -0.2) is 4.98 Å². The summed E-state index contributed by atoms with van der Waals surface area (Å²) in [5.74, 6) is 0. The van der Waals surface area contributed by atoms with Gasteiger partial charge in [0.1, 0.15) is 5.01 Å². The van der Waals surface area contributed by atoms with E-state index in [2.05, 4.69) is 16.8 Å². The van der Waals surface area contributed by atoms with E-state index in [1.807, 2.05) is 11.6 Å². The number of hydrogen-bond donors (Lipinski definition) is 1. The van der Waals surface area contributed by atoms with E-state index in [9.17, 15) is 0 Å². The van der Waals surface area contributed by atoms with E-state index in [0.29, 0.717) is 12.1 Å². The molecule has 0 aromatic carbocycles.